The molecule has 1 aliphatic heterocycles. The Kier molecular flexibility index (Phi) is 8.67. The van der Waals surface area contributed by atoms with Crippen LogP contribution in [0.15, 0.2) is 77.3 Å². The topological polar surface area (TPSA) is 71.2 Å². The van der Waals surface area contributed by atoms with Gasteiger partial charge in [0.15, 0.2) is 5.76 Å². The number of amides is 2. The molecule has 2 amide bonds. The number of nitrogens with zero attached hydrogens (tertiary/aromatic N) is 4. The largest absolute Gasteiger partial charge is 0.454 e. The molecule has 5 rings (SSSR count). The van der Waals surface area contributed by atoms with Gasteiger partial charge >= 0.3 is 0 Å². The van der Waals surface area contributed by atoms with Crippen LogP contribution in [0.1, 0.15) is 42.1 Å². The number of anilines is 1. The third-order valence-corrected chi connectivity index (χ3v) is 7.59. The summed E-state index contributed by atoms with van der Waals surface area (Å²) in [7, 11) is 1.54. The van der Waals surface area contributed by atoms with Crippen molar-refractivity contribution in [3.05, 3.63) is 90.0 Å². The van der Waals surface area contributed by atoms with Gasteiger partial charge in [-0.2, -0.15) is 0 Å². The second-order valence-corrected chi connectivity index (χ2v) is 10.6. The molecule has 8 heteroatoms. The Morgan fingerprint density at radius 1 is 0.925 bits per heavy atom. The van der Waals surface area contributed by atoms with Crippen molar-refractivity contribution in [1.82, 2.24) is 14.4 Å². The lowest BCUT2D eigenvalue weighted by molar-refractivity contribution is -0.122. The van der Waals surface area contributed by atoms with Gasteiger partial charge < -0.3 is 23.5 Å². The van der Waals surface area contributed by atoms with Crippen LogP contribution in [0.25, 0.3) is 10.9 Å². The average Bonchev–Trinajstić information content (AvgIpc) is 3.58. The van der Waals surface area contributed by atoms with E-state index in [1.807, 2.05) is 53.6 Å². The minimum absolute atomic E-state index is 0.0106. The predicted molar refractivity (Wildman–Crippen MR) is 156 cm³/mol. The van der Waals surface area contributed by atoms with Crippen LogP contribution in [0.3, 0.4) is 0 Å². The van der Waals surface area contributed by atoms with Crippen molar-refractivity contribution in [3.8, 4) is 0 Å². The first-order valence-electron chi connectivity index (χ1n) is 14.0. The van der Waals surface area contributed by atoms with Crippen LogP contribution < -0.4 is 4.90 Å². The zero-order valence-electron chi connectivity index (χ0n) is 23.6. The van der Waals surface area contributed by atoms with Gasteiger partial charge in [-0.15, -0.1) is 0 Å². The van der Waals surface area contributed by atoms with Gasteiger partial charge in [-0.05, 0) is 61.5 Å². The predicted octanol–water partition coefficient (Wildman–Crippen LogP) is 5.02. The molecular formula is C32H38N4O4. The summed E-state index contributed by atoms with van der Waals surface area (Å²) in [5.74, 6) is 0.804. The highest BCUT2D eigenvalue weighted by Gasteiger charge is 2.26. The fourth-order valence-electron chi connectivity index (χ4n) is 5.44. The maximum absolute atomic E-state index is 13.9. The molecule has 0 fully saturated rings. The van der Waals surface area contributed by atoms with E-state index >= 15 is 0 Å². The second-order valence-electron chi connectivity index (χ2n) is 10.6. The number of hydrogen-bond acceptors (Lipinski definition) is 5. The summed E-state index contributed by atoms with van der Waals surface area (Å²) >= 11 is 0. The normalized spacial score (nSPS) is 15.3. The Balaban J connectivity index is 1.42. The lowest BCUT2D eigenvalue weighted by atomic mass is 10.1. The van der Waals surface area contributed by atoms with Crippen LogP contribution in [-0.4, -0.2) is 72.1 Å². The van der Waals surface area contributed by atoms with E-state index in [1.165, 1.54) is 12.5 Å². The maximum Gasteiger partial charge on any atom is 0.289 e. The number of para-hydroxylation sites is 2. The van der Waals surface area contributed by atoms with Gasteiger partial charge in [0, 0.05) is 63.3 Å². The molecule has 2 aromatic heterocycles. The van der Waals surface area contributed by atoms with Crippen LogP contribution >= 0.6 is 0 Å². The van der Waals surface area contributed by atoms with Crippen molar-refractivity contribution < 1.29 is 18.7 Å². The van der Waals surface area contributed by atoms with Crippen molar-refractivity contribution >= 4 is 28.4 Å². The summed E-state index contributed by atoms with van der Waals surface area (Å²) < 4.78 is 13.4. The summed E-state index contributed by atoms with van der Waals surface area (Å²) in [5, 5.41) is 1.17. The van der Waals surface area contributed by atoms with Crippen molar-refractivity contribution in [3.63, 3.8) is 0 Å². The molecule has 0 unspecified atom stereocenters. The molecule has 0 bridgehead atoms. The molecule has 0 spiro atoms. The smallest absolute Gasteiger partial charge is 0.289 e. The van der Waals surface area contributed by atoms with Gasteiger partial charge in [0.2, 0.25) is 0 Å². The summed E-state index contributed by atoms with van der Waals surface area (Å²) in [4.78, 5) is 33.0. The summed E-state index contributed by atoms with van der Waals surface area (Å²) in [6.07, 6.45) is 2.86. The van der Waals surface area contributed by atoms with Gasteiger partial charge in [-0.1, -0.05) is 36.4 Å². The Morgan fingerprint density at radius 2 is 1.73 bits per heavy atom. The standard InChI is InChI=1S/C32H38N4O4/c1-24(2)33-16-8-17-36(31(37)23-39-3)29-12-7-5-10-26(29)21-35(20-19-33)32(38)30-14-13-27(40-30)22-34-18-15-25-9-4-6-11-28(25)34/h4-7,9-15,18,24H,8,16-17,19-23H2,1-3H3. The number of methoxy groups -OCH3 is 1. The van der Waals surface area contributed by atoms with E-state index in [-0.39, 0.29) is 18.4 Å². The van der Waals surface area contributed by atoms with E-state index in [2.05, 4.69) is 41.5 Å². The number of benzene rings is 2. The van der Waals surface area contributed by atoms with E-state index < -0.39 is 0 Å². The molecule has 0 saturated carbocycles. The molecule has 3 heterocycles. The Labute approximate surface area is 235 Å². The molecule has 40 heavy (non-hydrogen) atoms. The van der Waals surface area contributed by atoms with E-state index in [4.69, 9.17) is 9.15 Å². The first-order valence-corrected chi connectivity index (χ1v) is 14.0. The number of rotatable bonds is 6. The Bertz CT molecular complexity index is 1460. The molecule has 0 saturated heterocycles. The molecule has 2 aromatic carbocycles. The molecule has 0 N–H and O–H groups in total. The third kappa shape index (κ3) is 6.13. The maximum atomic E-state index is 13.9. The molecule has 0 radical (unpaired) electrons. The highest BCUT2D eigenvalue weighted by atomic mass is 16.5. The van der Waals surface area contributed by atoms with E-state index in [0.717, 1.165) is 42.0 Å². The van der Waals surface area contributed by atoms with Crippen LogP contribution in [0.5, 0.6) is 0 Å². The van der Waals surface area contributed by atoms with Crippen molar-refractivity contribution in [2.45, 2.75) is 39.4 Å². The molecule has 0 atom stereocenters. The zero-order valence-corrected chi connectivity index (χ0v) is 23.6. The fourth-order valence-corrected chi connectivity index (χ4v) is 5.44. The number of carbonyl (C=O) groups is 2. The first kappa shape index (κ1) is 27.7. The van der Waals surface area contributed by atoms with Crippen molar-refractivity contribution in [2.24, 2.45) is 0 Å². The monoisotopic (exact) mass is 542 g/mol. The Hall–Kier alpha value is -3.88. The SMILES string of the molecule is COCC(=O)N1CCCN(C(C)C)CCN(C(=O)c2ccc(Cn3ccc4ccccc43)o2)Cc2ccccc21. The summed E-state index contributed by atoms with van der Waals surface area (Å²) in [6.45, 7) is 7.96. The molecule has 4 aromatic rings. The molecule has 1 aliphatic rings. The number of carbonyl (C=O) groups excluding carboxylic acids is 2. The lowest BCUT2D eigenvalue weighted by Crippen LogP contribution is -2.41. The molecule has 210 valence electrons. The lowest BCUT2D eigenvalue weighted by Gasteiger charge is -2.29. The minimum Gasteiger partial charge on any atom is -0.454 e. The molecule has 8 nitrogen and oxygen atoms in total. The number of furan rings is 1. The quantitative estimate of drug-likeness (QED) is 0.342. The second kappa shape index (κ2) is 12.5. The van der Waals surface area contributed by atoms with Crippen LogP contribution in [0.4, 0.5) is 5.69 Å². The summed E-state index contributed by atoms with van der Waals surface area (Å²) in [6, 6.07) is 22.1. The number of aromatic nitrogens is 1. The zero-order chi connectivity index (χ0) is 28.1. The number of hydrogen-bond donors (Lipinski definition) is 0. The van der Waals surface area contributed by atoms with Crippen LogP contribution in [-0.2, 0) is 22.6 Å². The number of fused-ring (bicyclic) bond motifs is 2. The Morgan fingerprint density at radius 3 is 2.55 bits per heavy atom. The third-order valence-electron chi connectivity index (χ3n) is 7.59. The van der Waals surface area contributed by atoms with Crippen LogP contribution in [0, 0.1) is 0 Å². The van der Waals surface area contributed by atoms with Gasteiger partial charge in [0.1, 0.15) is 12.4 Å². The van der Waals surface area contributed by atoms with Crippen molar-refractivity contribution in [2.75, 3.05) is 44.8 Å². The molecule has 0 aliphatic carbocycles. The highest BCUT2D eigenvalue weighted by Crippen LogP contribution is 2.25. The van der Waals surface area contributed by atoms with Gasteiger partial charge in [-0.25, -0.2) is 0 Å². The number of ether oxygens (including phenoxy) is 1. The first-order chi connectivity index (χ1) is 19.4. The average molecular weight is 543 g/mol. The van der Waals surface area contributed by atoms with E-state index in [1.54, 1.807) is 11.0 Å². The highest BCUT2D eigenvalue weighted by molar-refractivity contribution is 5.95. The van der Waals surface area contributed by atoms with Crippen molar-refractivity contribution in [1.29, 1.82) is 0 Å². The van der Waals surface area contributed by atoms with E-state index in [9.17, 15) is 9.59 Å². The van der Waals surface area contributed by atoms with Gasteiger partial charge in [0.05, 0.1) is 6.54 Å². The molecular weight excluding hydrogens is 504 g/mol. The van der Waals surface area contributed by atoms with Gasteiger partial charge in [0.25, 0.3) is 11.8 Å². The van der Waals surface area contributed by atoms with Gasteiger partial charge in [-0.3, -0.25) is 14.5 Å². The fraction of sp³-hybridized carbons (Fsp3) is 0.375. The van der Waals surface area contributed by atoms with Crippen LogP contribution in [0.2, 0.25) is 0 Å². The summed E-state index contributed by atoms with van der Waals surface area (Å²) in [5.41, 5.74) is 2.86. The van der Waals surface area contributed by atoms with E-state index in [0.29, 0.717) is 38.0 Å². The minimum atomic E-state index is -0.156.